The molecule has 0 aromatic carbocycles. The number of rotatable bonds is 6. The topological polar surface area (TPSA) is 56.7 Å². The van der Waals surface area contributed by atoms with Crippen LogP contribution in [0, 0.1) is 0 Å². The Morgan fingerprint density at radius 2 is 2.20 bits per heavy atom. The molecule has 1 unspecified atom stereocenters. The third kappa shape index (κ3) is 2.40. The van der Waals surface area contributed by atoms with E-state index in [1.807, 2.05) is 0 Å². The number of hydrogen-bond donors (Lipinski definition) is 1. The second-order valence-electron chi connectivity index (χ2n) is 5.62. The standard InChI is InChI=1S/C14H18N4S2/c15-7-12(10-5-6-19-8-10)20-14-17-16-13(9-1-2-9)18(14)11-3-4-11/h5-6,8-9,11-12H,1-4,7,15H2. The zero-order chi connectivity index (χ0) is 13.5. The molecule has 2 aliphatic carbocycles. The molecular formula is C14H18N4S2. The normalized spacial score (nSPS) is 20.2. The van der Waals surface area contributed by atoms with Crippen molar-refractivity contribution in [1.29, 1.82) is 0 Å². The first-order valence-corrected chi connectivity index (χ1v) is 9.02. The van der Waals surface area contributed by atoms with Crippen LogP contribution in [0.1, 0.15) is 54.3 Å². The van der Waals surface area contributed by atoms with Gasteiger partial charge in [0, 0.05) is 18.5 Å². The van der Waals surface area contributed by atoms with Gasteiger partial charge < -0.3 is 10.3 Å². The Balaban J connectivity index is 1.61. The minimum Gasteiger partial charge on any atom is -0.329 e. The van der Waals surface area contributed by atoms with E-state index in [4.69, 9.17) is 5.73 Å². The lowest BCUT2D eigenvalue weighted by Gasteiger charge is -2.14. The highest BCUT2D eigenvalue weighted by atomic mass is 32.2. The Kier molecular flexibility index (Phi) is 3.32. The quantitative estimate of drug-likeness (QED) is 0.832. The zero-order valence-corrected chi connectivity index (χ0v) is 12.9. The highest BCUT2D eigenvalue weighted by Gasteiger charge is 2.36. The van der Waals surface area contributed by atoms with Gasteiger partial charge in [0.15, 0.2) is 5.16 Å². The lowest BCUT2D eigenvalue weighted by Crippen LogP contribution is -2.10. The molecule has 4 rings (SSSR count). The van der Waals surface area contributed by atoms with Crippen LogP contribution < -0.4 is 5.73 Å². The van der Waals surface area contributed by atoms with Gasteiger partial charge in [0.25, 0.3) is 0 Å². The molecule has 0 aliphatic heterocycles. The molecule has 106 valence electrons. The maximum absolute atomic E-state index is 5.96. The van der Waals surface area contributed by atoms with E-state index in [-0.39, 0.29) is 5.25 Å². The first-order valence-electron chi connectivity index (χ1n) is 7.20. The third-order valence-corrected chi connectivity index (χ3v) is 5.86. The predicted octanol–water partition coefficient (Wildman–Crippen LogP) is 3.34. The molecule has 2 aromatic heterocycles. The molecule has 0 amide bonds. The summed E-state index contributed by atoms with van der Waals surface area (Å²) >= 11 is 3.50. The molecule has 2 heterocycles. The van der Waals surface area contributed by atoms with Gasteiger partial charge >= 0.3 is 0 Å². The summed E-state index contributed by atoms with van der Waals surface area (Å²) in [5.74, 6) is 1.88. The molecule has 20 heavy (non-hydrogen) atoms. The van der Waals surface area contributed by atoms with E-state index in [0.29, 0.717) is 18.5 Å². The molecule has 2 fully saturated rings. The van der Waals surface area contributed by atoms with Gasteiger partial charge in [0.05, 0.1) is 5.25 Å². The number of thiophene rings is 1. The smallest absolute Gasteiger partial charge is 0.192 e. The van der Waals surface area contributed by atoms with Crippen molar-refractivity contribution in [1.82, 2.24) is 14.8 Å². The van der Waals surface area contributed by atoms with Gasteiger partial charge in [0.1, 0.15) is 5.82 Å². The first kappa shape index (κ1) is 12.9. The number of hydrogen-bond acceptors (Lipinski definition) is 5. The van der Waals surface area contributed by atoms with Crippen LogP contribution in [-0.4, -0.2) is 21.3 Å². The van der Waals surface area contributed by atoms with Gasteiger partial charge in [-0.05, 0) is 48.1 Å². The van der Waals surface area contributed by atoms with E-state index in [1.54, 1.807) is 23.1 Å². The van der Waals surface area contributed by atoms with Crippen LogP contribution in [0.4, 0.5) is 0 Å². The lowest BCUT2D eigenvalue weighted by molar-refractivity contribution is 0.625. The van der Waals surface area contributed by atoms with E-state index < -0.39 is 0 Å². The molecule has 6 heteroatoms. The summed E-state index contributed by atoms with van der Waals surface area (Å²) in [5, 5.41) is 14.6. The van der Waals surface area contributed by atoms with Crippen molar-refractivity contribution in [2.75, 3.05) is 6.54 Å². The highest BCUT2D eigenvalue weighted by Crippen LogP contribution is 2.47. The van der Waals surface area contributed by atoms with Crippen LogP contribution >= 0.6 is 23.1 Å². The van der Waals surface area contributed by atoms with Crippen LogP contribution in [-0.2, 0) is 0 Å². The SMILES string of the molecule is NCC(Sc1nnc(C2CC2)n1C1CC1)c1ccsc1. The van der Waals surface area contributed by atoms with Crippen LogP contribution in [0.5, 0.6) is 0 Å². The van der Waals surface area contributed by atoms with Crippen molar-refractivity contribution in [2.45, 2.75) is 48.0 Å². The van der Waals surface area contributed by atoms with Gasteiger partial charge in [-0.25, -0.2) is 0 Å². The number of nitrogens with zero attached hydrogens (tertiary/aromatic N) is 3. The van der Waals surface area contributed by atoms with E-state index in [9.17, 15) is 0 Å². The van der Waals surface area contributed by atoms with Gasteiger partial charge in [-0.15, -0.1) is 10.2 Å². The second kappa shape index (κ2) is 5.16. The Bertz CT molecular complexity index is 584. The monoisotopic (exact) mass is 306 g/mol. The summed E-state index contributed by atoms with van der Waals surface area (Å²) in [6.45, 7) is 0.637. The van der Waals surface area contributed by atoms with Crippen molar-refractivity contribution in [3.63, 3.8) is 0 Å². The Hall–Kier alpha value is -0.850. The molecule has 0 spiro atoms. The van der Waals surface area contributed by atoms with E-state index >= 15 is 0 Å². The molecule has 0 radical (unpaired) electrons. The molecule has 0 bridgehead atoms. The number of aromatic nitrogens is 3. The maximum Gasteiger partial charge on any atom is 0.192 e. The van der Waals surface area contributed by atoms with Crippen LogP contribution in [0.15, 0.2) is 22.0 Å². The van der Waals surface area contributed by atoms with Crippen molar-refractivity contribution in [2.24, 2.45) is 5.73 Å². The molecule has 2 aromatic rings. The molecule has 2 saturated carbocycles. The fourth-order valence-corrected chi connectivity index (χ4v) is 4.38. The summed E-state index contributed by atoms with van der Waals surface area (Å²) in [5.41, 5.74) is 7.27. The summed E-state index contributed by atoms with van der Waals surface area (Å²) < 4.78 is 2.40. The van der Waals surface area contributed by atoms with Crippen LogP contribution in [0.25, 0.3) is 0 Å². The minimum absolute atomic E-state index is 0.287. The summed E-state index contributed by atoms with van der Waals surface area (Å²) in [4.78, 5) is 0. The van der Waals surface area contributed by atoms with Gasteiger partial charge in [-0.1, -0.05) is 11.8 Å². The van der Waals surface area contributed by atoms with Crippen molar-refractivity contribution in [3.05, 3.63) is 28.2 Å². The zero-order valence-electron chi connectivity index (χ0n) is 11.2. The molecule has 0 saturated heterocycles. The van der Waals surface area contributed by atoms with E-state index in [2.05, 4.69) is 31.6 Å². The van der Waals surface area contributed by atoms with E-state index in [1.165, 1.54) is 37.1 Å². The van der Waals surface area contributed by atoms with Crippen LogP contribution in [0.2, 0.25) is 0 Å². The minimum atomic E-state index is 0.287. The fraction of sp³-hybridized carbons (Fsp3) is 0.571. The van der Waals surface area contributed by atoms with Gasteiger partial charge in [-0.3, -0.25) is 0 Å². The van der Waals surface area contributed by atoms with Crippen molar-refractivity contribution in [3.8, 4) is 0 Å². The molecule has 2 aliphatic rings. The molecule has 2 N–H and O–H groups in total. The average Bonchev–Trinajstić information content (AvgIpc) is 3.39. The van der Waals surface area contributed by atoms with Crippen molar-refractivity contribution >= 4 is 23.1 Å². The van der Waals surface area contributed by atoms with Crippen molar-refractivity contribution < 1.29 is 0 Å². The molecule has 1 atom stereocenters. The maximum atomic E-state index is 5.96. The predicted molar refractivity (Wildman–Crippen MR) is 82.2 cm³/mol. The van der Waals surface area contributed by atoms with Crippen LogP contribution in [0.3, 0.4) is 0 Å². The molecular weight excluding hydrogens is 288 g/mol. The highest BCUT2D eigenvalue weighted by molar-refractivity contribution is 7.99. The second-order valence-corrected chi connectivity index (χ2v) is 7.57. The first-order chi connectivity index (χ1) is 9.86. The Labute approximate surface area is 126 Å². The third-order valence-electron chi connectivity index (χ3n) is 3.92. The summed E-state index contributed by atoms with van der Waals surface area (Å²) in [6, 6.07) is 2.80. The lowest BCUT2D eigenvalue weighted by atomic mass is 10.2. The van der Waals surface area contributed by atoms with Gasteiger partial charge in [-0.2, -0.15) is 11.3 Å². The fourth-order valence-electron chi connectivity index (χ4n) is 2.50. The summed E-state index contributed by atoms with van der Waals surface area (Å²) in [6.07, 6.45) is 5.11. The number of thioether (sulfide) groups is 1. The largest absolute Gasteiger partial charge is 0.329 e. The average molecular weight is 306 g/mol. The summed E-state index contributed by atoms with van der Waals surface area (Å²) in [7, 11) is 0. The Morgan fingerprint density at radius 1 is 1.35 bits per heavy atom. The Morgan fingerprint density at radius 3 is 2.80 bits per heavy atom. The van der Waals surface area contributed by atoms with E-state index in [0.717, 1.165) is 5.16 Å². The molecule has 4 nitrogen and oxygen atoms in total. The number of nitrogens with two attached hydrogens (primary N) is 1. The van der Waals surface area contributed by atoms with Gasteiger partial charge in [0.2, 0.25) is 0 Å².